The average Bonchev–Trinajstić information content (AvgIpc) is 1.00. The first-order chi connectivity index (χ1) is 1.00. The van der Waals surface area contributed by atoms with Gasteiger partial charge in [-0.2, -0.15) is 0 Å². The molecule has 0 aliphatic carbocycles. The Balaban J connectivity index is -0.00000000500. The van der Waals surface area contributed by atoms with E-state index in [1.54, 1.807) is 0 Å². The summed E-state index contributed by atoms with van der Waals surface area (Å²) in [5.74, 6) is 0. The third kappa shape index (κ3) is 9.13. The van der Waals surface area contributed by atoms with Crippen molar-refractivity contribution in [1.82, 2.24) is 0 Å². The maximum absolute atomic E-state index is 2.08. The van der Waals surface area contributed by atoms with Crippen LogP contribution in [0.25, 0.3) is 0 Å². The molecular weight excluding hydrogens is 482 g/mol. The second-order valence-electron chi connectivity index (χ2n) is 0. The summed E-state index contributed by atoms with van der Waals surface area (Å²) in [5, 5.41) is 0. The zero-order valence-corrected chi connectivity index (χ0v) is 9.43. The summed E-state index contributed by atoms with van der Waals surface area (Å²) in [5.41, 5.74) is 0. The predicted molar refractivity (Wildman–Crippen MR) is 8.54 cm³/mol. The third-order valence-corrected chi connectivity index (χ3v) is 0. The molecule has 0 aliphatic rings. The molecule has 0 spiro atoms. The Hall–Kier alpha value is 3.57. The van der Waals surface area contributed by atoms with Crippen LogP contribution in [0.15, 0.2) is 0 Å². The summed E-state index contributed by atoms with van der Waals surface area (Å²) in [6.07, 6.45) is 0. The van der Waals surface area contributed by atoms with Gasteiger partial charge in [0, 0.05) is 21.1 Å². The van der Waals surface area contributed by atoms with Gasteiger partial charge in [-0.15, -0.1) is 0 Å². The maximum atomic E-state index is 2.08. The summed E-state index contributed by atoms with van der Waals surface area (Å²) in [6, 6.07) is 0. The van der Waals surface area contributed by atoms with E-state index < -0.39 is 0 Å². The van der Waals surface area contributed by atoms with Gasteiger partial charge < -0.3 is 0 Å². The fourth-order valence-corrected chi connectivity index (χ4v) is 0. The first-order valence-corrected chi connectivity index (χ1v) is 8.87. The van der Waals surface area contributed by atoms with E-state index in [4.69, 9.17) is 0 Å². The molecule has 0 radical (unpaired) electrons. The molecule has 0 aromatic heterocycles. The van der Waals surface area contributed by atoms with Crippen LogP contribution in [0.5, 0.6) is 0 Å². The molecule has 4 heteroatoms. The molecule has 0 rings (SSSR count). The molecule has 0 unspecified atom stereocenters. The number of rotatable bonds is 0. The normalized spacial score (nSPS) is 1.50. The molecule has 0 saturated carbocycles. The van der Waals surface area contributed by atoms with Gasteiger partial charge in [-0.25, -0.2) is 0 Å². The van der Waals surface area contributed by atoms with Gasteiger partial charge in [-0.3, -0.25) is 0 Å². The summed E-state index contributed by atoms with van der Waals surface area (Å²) in [6.45, 7) is 0. The molecule has 0 N–H and O–H groups in total. The van der Waals surface area contributed by atoms with Gasteiger partial charge >= 0.3 is 81.5 Å². The second-order valence-corrected chi connectivity index (χ2v) is 0. The zero-order valence-electron chi connectivity index (χ0n) is 1.52. The minimum absolute atomic E-state index is 0. The van der Waals surface area contributed by atoms with Gasteiger partial charge in [0.15, 0.2) is 0 Å². The molecule has 0 atom stereocenters. The predicted octanol–water partition coefficient (Wildman–Crippen LogP) is -0.924. The molecule has 0 aliphatic heterocycles. The summed E-state index contributed by atoms with van der Waals surface area (Å²) >= 11 is 3.46. The molecule has 18 valence electrons. The zero-order chi connectivity index (χ0) is 2.00. The molecule has 0 saturated heterocycles. The Morgan fingerprint density at radius 1 is 1.25 bits per heavy atom. The van der Waals surface area contributed by atoms with Crippen LogP contribution in [-0.2, 0) is 53.7 Å². The van der Waals surface area contributed by atoms with Crippen molar-refractivity contribution >= 4 is 48.9 Å². The van der Waals surface area contributed by atoms with E-state index in [1.165, 1.54) is 15.4 Å². The molecule has 0 aromatic rings. The van der Waals surface area contributed by atoms with Crippen LogP contribution in [0, 0.1) is 0 Å². The first kappa shape index (κ1) is 15.6. The van der Waals surface area contributed by atoms with Crippen LogP contribution >= 0.6 is 0 Å². The number of hydrogen-bond donors (Lipinski definition) is 0. The van der Waals surface area contributed by atoms with Crippen LogP contribution < -0.4 is 0 Å². The van der Waals surface area contributed by atoms with Crippen molar-refractivity contribution in [3.8, 4) is 0 Å². The van der Waals surface area contributed by atoms with Crippen molar-refractivity contribution < 1.29 is 53.7 Å². The van der Waals surface area contributed by atoms with E-state index in [0.29, 0.717) is 0 Å². The van der Waals surface area contributed by atoms with Crippen molar-refractivity contribution in [2.24, 2.45) is 0 Å². The Labute approximate surface area is 99.7 Å². The Morgan fingerprint density at radius 3 is 1.25 bits per heavy atom. The van der Waals surface area contributed by atoms with E-state index in [1.807, 2.05) is 0 Å². The molecule has 0 fully saturated rings. The quantitative estimate of drug-likeness (QED) is 0.390. The molecule has 0 aromatic carbocycles. The second kappa shape index (κ2) is 16.0. The Morgan fingerprint density at radius 2 is 1.25 bits per heavy atom. The third-order valence-electron chi connectivity index (χ3n) is 0. The summed E-state index contributed by atoms with van der Waals surface area (Å²) in [7, 11) is 0. The van der Waals surface area contributed by atoms with Crippen molar-refractivity contribution in [1.29, 1.82) is 0 Å². The Kier molecular flexibility index (Phi) is 62.6. The van der Waals surface area contributed by atoms with Gasteiger partial charge in [-0.1, -0.05) is 0 Å². The van der Waals surface area contributed by atoms with Crippen molar-refractivity contribution in [3.05, 3.63) is 0 Å². The van der Waals surface area contributed by atoms with E-state index in [9.17, 15) is 0 Å². The van der Waals surface area contributed by atoms with Crippen LogP contribution in [0.2, 0.25) is 0 Å². The van der Waals surface area contributed by atoms with Gasteiger partial charge in [0.2, 0.25) is 0 Å². The van der Waals surface area contributed by atoms with E-state index in [0.717, 1.165) is 0 Å². The van der Waals surface area contributed by atoms with E-state index in [2.05, 4.69) is 17.2 Å². The van der Waals surface area contributed by atoms with Crippen molar-refractivity contribution in [2.75, 3.05) is 0 Å². The van der Waals surface area contributed by atoms with Crippen molar-refractivity contribution in [3.63, 3.8) is 0 Å². The molecule has 4 heavy (non-hydrogen) atoms. The van der Waals surface area contributed by atoms with Crippen LogP contribution in [0.4, 0.5) is 0 Å². The van der Waals surface area contributed by atoms with Crippen molar-refractivity contribution in [2.45, 2.75) is 0 Å². The molecule has 0 nitrogen and oxygen atoms in total. The fourth-order valence-electron chi connectivity index (χ4n) is 0. The van der Waals surface area contributed by atoms with Gasteiger partial charge in [-0.05, 0) is 0 Å². The van der Waals surface area contributed by atoms with E-state index in [-0.39, 0.29) is 69.9 Å². The standard InChI is InChI=1S/Ba.Mo.W.Zn.2H. The molecule has 0 heterocycles. The fraction of sp³-hybridized carbons (Fsp3) is 0. The first-order valence-electron chi connectivity index (χ1n) is 0.289. The number of hydrogen-bond acceptors (Lipinski definition) is 0. The van der Waals surface area contributed by atoms with Gasteiger partial charge in [0.1, 0.15) is 0 Å². The summed E-state index contributed by atoms with van der Waals surface area (Å²) in [4.78, 5) is 0. The van der Waals surface area contributed by atoms with Crippen LogP contribution in [0.3, 0.4) is 0 Å². The topological polar surface area (TPSA) is 0 Å². The molecule has 0 amide bonds. The minimum atomic E-state index is 0. The monoisotopic (exact) mass is 486 g/mol. The van der Waals surface area contributed by atoms with Gasteiger partial charge in [0.05, 0.1) is 0 Å². The molecule has 0 bridgehead atoms. The van der Waals surface area contributed by atoms with Gasteiger partial charge in [0.25, 0.3) is 0 Å². The van der Waals surface area contributed by atoms with E-state index >= 15 is 0 Å². The average molecular weight is 485 g/mol. The Bertz CT molecular complexity index is 8.00. The van der Waals surface area contributed by atoms with Crippen LogP contribution in [-0.4, -0.2) is 48.9 Å². The summed E-state index contributed by atoms with van der Waals surface area (Å²) < 4.78 is 0. The SMILES string of the molecule is [BaH2].[W].[Zn][Mo]. The molecular formula is H2BaMoWZn. The van der Waals surface area contributed by atoms with Crippen LogP contribution in [0.1, 0.15) is 0 Å².